The van der Waals surface area contributed by atoms with E-state index >= 15 is 0 Å². The average Bonchev–Trinajstić information content (AvgIpc) is 3.38. The number of fused-ring (bicyclic) bond motifs is 7. The molecule has 5 aliphatic carbocycles. The summed E-state index contributed by atoms with van der Waals surface area (Å²) in [5.41, 5.74) is -0.0401. The van der Waals surface area contributed by atoms with Crippen LogP contribution in [0.4, 0.5) is 0 Å². The summed E-state index contributed by atoms with van der Waals surface area (Å²) in [5, 5.41) is 8.37. The molecule has 7 atom stereocenters. The number of nitrogens with zero attached hydrogens (tertiary/aromatic N) is 4. The highest BCUT2D eigenvalue weighted by Crippen LogP contribution is 2.74. The largest absolute Gasteiger partial charge is 0.314 e. The second kappa shape index (κ2) is 7.55. The van der Waals surface area contributed by atoms with Gasteiger partial charge in [-0.3, -0.25) is 4.79 Å². The first kappa shape index (κ1) is 25.7. The van der Waals surface area contributed by atoms with Gasteiger partial charge in [0, 0.05) is 16.7 Å². The van der Waals surface area contributed by atoms with Crippen molar-refractivity contribution in [2.45, 2.75) is 99.0 Å². The van der Waals surface area contributed by atoms with Gasteiger partial charge in [0.05, 0.1) is 12.1 Å². The molecule has 1 aromatic heterocycles. The maximum atomic E-state index is 14.5. The van der Waals surface area contributed by atoms with Crippen LogP contribution in [0.15, 0.2) is 36.1 Å². The fraction of sp³-hybridized carbons (Fsp3) is 0.719. The van der Waals surface area contributed by atoms with E-state index in [-0.39, 0.29) is 56.8 Å². The summed E-state index contributed by atoms with van der Waals surface area (Å²) in [7, 11) is 0. The molecule has 0 bridgehead atoms. The molecule has 0 spiro atoms. The van der Waals surface area contributed by atoms with Gasteiger partial charge in [0.15, 0.2) is 11.6 Å². The summed E-state index contributed by atoms with van der Waals surface area (Å²) in [5.74, 6) is 0.413. The summed E-state index contributed by atoms with van der Waals surface area (Å²) in [6.07, 6.45) is 14.7. The summed E-state index contributed by atoms with van der Waals surface area (Å²) in [6, 6.07) is 0. The van der Waals surface area contributed by atoms with Gasteiger partial charge in [-0.15, -0.1) is 10.2 Å². The Morgan fingerprint density at radius 3 is 2.26 bits per heavy atom. The molecule has 1 aromatic rings. The Balaban J connectivity index is 1.54. The highest BCUT2D eigenvalue weighted by Gasteiger charge is 2.70. The van der Waals surface area contributed by atoms with Crippen molar-refractivity contribution in [2.24, 2.45) is 44.8 Å². The van der Waals surface area contributed by atoms with Gasteiger partial charge in [0.1, 0.15) is 12.7 Å². The number of hydrogen-bond acceptors (Lipinski definition) is 4. The van der Waals surface area contributed by atoms with E-state index in [4.69, 9.17) is 6.57 Å². The van der Waals surface area contributed by atoms with Crippen LogP contribution in [0.1, 0.15) is 93.4 Å². The quantitative estimate of drug-likeness (QED) is 0.398. The van der Waals surface area contributed by atoms with Crippen molar-refractivity contribution in [3.8, 4) is 0 Å². The van der Waals surface area contributed by atoms with Crippen molar-refractivity contribution in [1.29, 1.82) is 0 Å². The van der Waals surface area contributed by atoms with Crippen LogP contribution in [-0.2, 0) is 15.1 Å². The number of carbonyl (C=O) groups is 2. The molecule has 0 N–H and O–H groups in total. The van der Waals surface area contributed by atoms with Crippen LogP contribution >= 0.6 is 0 Å². The lowest BCUT2D eigenvalue weighted by molar-refractivity contribution is -0.167. The molecule has 3 saturated carbocycles. The topological polar surface area (TPSA) is 69.2 Å². The summed E-state index contributed by atoms with van der Waals surface area (Å²) in [6.45, 7) is 23.5. The minimum atomic E-state index is -0.629. The average molecular weight is 515 g/mol. The van der Waals surface area contributed by atoms with Gasteiger partial charge in [-0.05, 0) is 79.1 Å². The van der Waals surface area contributed by atoms with E-state index in [1.54, 1.807) is 0 Å². The highest BCUT2D eigenvalue weighted by atomic mass is 16.1. The number of carbonyl (C=O) groups excluding carboxylic acids is 2. The lowest BCUT2D eigenvalue weighted by Crippen LogP contribution is -2.66. The Morgan fingerprint density at radius 1 is 0.947 bits per heavy atom. The van der Waals surface area contributed by atoms with E-state index in [1.165, 1.54) is 5.57 Å². The third kappa shape index (κ3) is 2.94. The van der Waals surface area contributed by atoms with Crippen molar-refractivity contribution < 1.29 is 9.59 Å². The predicted octanol–water partition coefficient (Wildman–Crippen LogP) is 6.56. The molecule has 3 fully saturated rings. The van der Waals surface area contributed by atoms with Crippen molar-refractivity contribution in [2.75, 3.05) is 0 Å². The molecular formula is C32H42N4O2. The van der Waals surface area contributed by atoms with Crippen LogP contribution in [0.5, 0.6) is 0 Å². The molecule has 202 valence electrons. The molecule has 6 nitrogen and oxygen atoms in total. The Labute approximate surface area is 227 Å². The zero-order valence-electron chi connectivity index (χ0n) is 24.1. The number of aromatic nitrogens is 3. The zero-order chi connectivity index (χ0) is 27.5. The fourth-order valence-corrected chi connectivity index (χ4v) is 10.5. The first-order chi connectivity index (χ1) is 17.7. The molecule has 1 heterocycles. The summed E-state index contributed by atoms with van der Waals surface area (Å²) in [4.78, 5) is 31.5. The van der Waals surface area contributed by atoms with Crippen molar-refractivity contribution in [3.05, 3.63) is 47.5 Å². The van der Waals surface area contributed by atoms with Crippen LogP contribution in [0.3, 0.4) is 0 Å². The van der Waals surface area contributed by atoms with E-state index < -0.39 is 10.8 Å². The molecule has 0 radical (unpaired) electrons. The molecule has 0 aliphatic heterocycles. The van der Waals surface area contributed by atoms with Crippen LogP contribution in [0, 0.1) is 51.4 Å². The van der Waals surface area contributed by atoms with Gasteiger partial charge in [0.25, 0.3) is 0 Å². The first-order valence-corrected chi connectivity index (χ1v) is 14.4. The van der Waals surface area contributed by atoms with Crippen molar-refractivity contribution in [1.82, 2.24) is 14.8 Å². The van der Waals surface area contributed by atoms with Gasteiger partial charge in [0.2, 0.25) is 5.70 Å². The highest BCUT2D eigenvalue weighted by molar-refractivity contribution is 6.03. The number of hydrogen-bond donors (Lipinski definition) is 0. The first-order valence-electron chi connectivity index (χ1n) is 14.4. The van der Waals surface area contributed by atoms with E-state index in [0.29, 0.717) is 0 Å². The molecule has 6 heteroatoms. The molecule has 0 unspecified atom stereocenters. The smallest absolute Gasteiger partial charge is 0.226 e. The number of allylic oxidation sites excluding steroid dienone is 4. The maximum Gasteiger partial charge on any atom is 0.226 e. The lowest BCUT2D eigenvalue weighted by atomic mass is 9.35. The van der Waals surface area contributed by atoms with Gasteiger partial charge in [-0.25, -0.2) is 4.85 Å². The van der Waals surface area contributed by atoms with E-state index in [9.17, 15) is 9.59 Å². The summed E-state index contributed by atoms with van der Waals surface area (Å²) >= 11 is 0. The molecular weight excluding hydrogens is 472 g/mol. The fourth-order valence-electron chi connectivity index (χ4n) is 10.5. The predicted molar refractivity (Wildman–Crippen MR) is 145 cm³/mol. The van der Waals surface area contributed by atoms with Gasteiger partial charge >= 0.3 is 0 Å². The number of ketones is 2. The Bertz CT molecular complexity index is 1330. The normalized spacial score (nSPS) is 44.9. The molecule has 6 rings (SSSR count). The van der Waals surface area contributed by atoms with E-state index in [0.717, 1.165) is 44.9 Å². The van der Waals surface area contributed by atoms with E-state index in [1.807, 2.05) is 38.7 Å². The Morgan fingerprint density at radius 2 is 1.61 bits per heavy atom. The second-order valence-corrected chi connectivity index (χ2v) is 15.2. The molecule has 0 saturated heterocycles. The van der Waals surface area contributed by atoms with Crippen LogP contribution in [-0.4, -0.2) is 26.3 Å². The zero-order valence-corrected chi connectivity index (χ0v) is 24.1. The minimum Gasteiger partial charge on any atom is -0.314 e. The van der Waals surface area contributed by atoms with Gasteiger partial charge in [-0.1, -0.05) is 60.1 Å². The third-order valence-electron chi connectivity index (χ3n) is 12.7. The third-order valence-corrected chi connectivity index (χ3v) is 12.7. The Kier molecular flexibility index (Phi) is 5.11. The van der Waals surface area contributed by atoms with Crippen LogP contribution < -0.4 is 0 Å². The maximum absolute atomic E-state index is 14.5. The minimum absolute atomic E-state index is 0.0498. The monoisotopic (exact) mass is 514 g/mol. The number of rotatable bonds is 1. The number of Topliss-reactive ketones (excluding diaryl/α,β-unsaturated/α-hetero) is 1. The molecule has 0 amide bonds. The van der Waals surface area contributed by atoms with Crippen molar-refractivity contribution in [3.63, 3.8) is 0 Å². The van der Waals surface area contributed by atoms with Gasteiger partial charge < -0.3 is 9.36 Å². The second-order valence-electron chi connectivity index (χ2n) is 15.2. The lowest BCUT2D eigenvalue weighted by Gasteiger charge is -2.69. The standard InChI is InChI=1S/C32H42N4O2/c1-27(2)11-13-32(36-18-34-35-19-36)14-12-31(7)25(20(32)16-27)22(37)15-24-29(5)17-21(33-8)26(38)28(3,4)23(29)9-10-30(24,31)6/h15,17-20,23,25H,9-14,16H2,1-7H3/t20-,23-,25-,29-,30+,31+,32-/m0/s1. The van der Waals surface area contributed by atoms with Gasteiger partial charge in [-0.2, -0.15) is 0 Å². The van der Waals surface area contributed by atoms with Crippen LogP contribution in [0.2, 0.25) is 0 Å². The summed E-state index contributed by atoms with van der Waals surface area (Å²) < 4.78 is 2.24. The molecule has 38 heavy (non-hydrogen) atoms. The Hall–Kier alpha value is -2.55. The molecule has 0 aromatic carbocycles. The van der Waals surface area contributed by atoms with Crippen molar-refractivity contribution >= 4 is 11.6 Å². The molecule has 5 aliphatic rings. The van der Waals surface area contributed by atoms with E-state index in [2.05, 4.69) is 54.2 Å². The van der Waals surface area contributed by atoms with Crippen LogP contribution in [0.25, 0.3) is 4.85 Å². The SMILES string of the molecule is [C-]#[N+]C1=C[C@]2(C)C3=CC(=O)[C@@H]4[C@@H]5CC(C)(C)CC[C@]5(n5cnnc5)CC[C@@]4(C)[C@]3(C)CC[C@H]2C(C)(C)C1=O.